The molecule has 0 radical (unpaired) electrons. The van der Waals surface area contributed by atoms with Crippen molar-refractivity contribution in [1.82, 2.24) is 9.80 Å². The molecule has 0 aromatic heterocycles. The molecular formula is C21H28N4O4. The highest BCUT2D eigenvalue weighted by Crippen LogP contribution is 2.25. The highest BCUT2D eigenvalue weighted by Gasteiger charge is 2.29. The Morgan fingerprint density at radius 2 is 1.72 bits per heavy atom. The molecule has 1 atom stereocenters. The molecule has 0 spiro atoms. The van der Waals surface area contributed by atoms with Gasteiger partial charge in [-0.15, -0.1) is 0 Å². The highest BCUT2D eigenvalue weighted by atomic mass is 16.5. The summed E-state index contributed by atoms with van der Waals surface area (Å²) in [5.41, 5.74) is 0.992. The minimum Gasteiger partial charge on any atom is -0.497 e. The van der Waals surface area contributed by atoms with Crippen LogP contribution in [0.3, 0.4) is 0 Å². The maximum Gasteiger partial charge on any atom is 0.253 e. The van der Waals surface area contributed by atoms with Crippen LogP contribution in [-0.2, 0) is 4.79 Å². The number of nitrogens with zero attached hydrogens (tertiary/aromatic N) is 3. The fourth-order valence-corrected chi connectivity index (χ4v) is 3.71. The number of ether oxygens (including phenoxy) is 1. The Morgan fingerprint density at radius 3 is 2.24 bits per heavy atom. The second-order valence-electron chi connectivity index (χ2n) is 7.51. The van der Waals surface area contributed by atoms with E-state index in [2.05, 4.69) is 10.2 Å². The van der Waals surface area contributed by atoms with Crippen LogP contribution in [0.1, 0.15) is 18.5 Å². The van der Waals surface area contributed by atoms with Gasteiger partial charge in [-0.3, -0.25) is 14.4 Å². The third kappa shape index (κ3) is 4.27. The van der Waals surface area contributed by atoms with Gasteiger partial charge in [0.05, 0.1) is 13.2 Å². The van der Waals surface area contributed by atoms with Gasteiger partial charge < -0.3 is 24.8 Å². The van der Waals surface area contributed by atoms with E-state index < -0.39 is 10.9 Å². The van der Waals surface area contributed by atoms with Crippen molar-refractivity contribution in [2.24, 2.45) is 0 Å². The zero-order chi connectivity index (χ0) is 21.1. The van der Waals surface area contributed by atoms with Crippen molar-refractivity contribution in [3.63, 3.8) is 0 Å². The third-order valence-electron chi connectivity index (χ3n) is 5.52. The van der Waals surface area contributed by atoms with Crippen LogP contribution >= 0.6 is 0 Å². The zero-order valence-corrected chi connectivity index (χ0v) is 17.4. The van der Waals surface area contributed by atoms with Gasteiger partial charge >= 0.3 is 0 Å². The molecule has 1 fully saturated rings. The first-order chi connectivity index (χ1) is 13.8. The van der Waals surface area contributed by atoms with E-state index in [-0.39, 0.29) is 11.9 Å². The lowest BCUT2D eigenvalue weighted by Gasteiger charge is -2.37. The maximum atomic E-state index is 12.2. The Bertz CT molecular complexity index is 923. The average Bonchev–Trinajstić information content (AvgIpc) is 2.73. The molecule has 156 valence electrons. The molecule has 1 aliphatic heterocycles. The van der Waals surface area contributed by atoms with Crippen molar-refractivity contribution in [2.75, 3.05) is 64.1 Å². The molecule has 0 saturated carbocycles. The quantitative estimate of drug-likeness (QED) is 0.684. The van der Waals surface area contributed by atoms with Crippen LogP contribution in [0.2, 0.25) is 0 Å². The van der Waals surface area contributed by atoms with E-state index in [0.29, 0.717) is 44.1 Å². The maximum absolute atomic E-state index is 12.2. The van der Waals surface area contributed by atoms with Gasteiger partial charge in [0.25, 0.3) is 10.9 Å². The van der Waals surface area contributed by atoms with Gasteiger partial charge in [-0.25, -0.2) is 0 Å². The minimum atomic E-state index is -0.471. The molecule has 3 rings (SSSR count). The number of nitrogens with one attached hydrogen (secondary N) is 1. The summed E-state index contributed by atoms with van der Waals surface area (Å²) < 4.78 is 5.21. The zero-order valence-electron chi connectivity index (χ0n) is 17.4. The molecule has 0 aliphatic carbocycles. The number of amides is 1. The number of hydrogen-bond donors (Lipinski definition) is 1. The van der Waals surface area contributed by atoms with E-state index in [1.807, 2.05) is 43.3 Å². The third-order valence-corrected chi connectivity index (χ3v) is 5.52. The molecule has 0 unspecified atom stereocenters. The molecule has 2 aromatic rings. The van der Waals surface area contributed by atoms with Crippen LogP contribution in [0.4, 0.5) is 11.4 Å². The molecule has 2 aromatic carbocycles. The van der Waals surface area contributed by atoms with Crippen molar-refractivity contribution in [3.8, 4) is 5.75 Å². The lowest BCUT2D eigenvalue weighted by Crippen LogP contribution is -2.52. The van der Waals surface area contributed by atoms with E-state index in [1.54, 1.807) is 18.9 Å². The van der Waals surface area contributed by atoms with Crippen LogP contribution in [0.5, 0.6) is 5.75 Å². The summed E-state index contributed by atoms with van der Waals surface area (Å²) in [4.78, 5) is 41.6. The van der Waals surface area contributed by atoms with E-state index >= 15 is 0 Å². The molecule has 1 aliphatic rings. The molecule has 1 heterocycles. The fraction of sp³-hybridized carbons (Fsp3) is 0.476. The number of anilines is 2. The fourth-order valence-electron chi connectivity index (χ4n) is 3.71. The predicted octanol–water partition coefficient (Wildman–Crippen LogP) is 0.675. The summed E-state index contributed by atoms with van der Waals surface area (Å²) in [6, 6.07) is 7.82. The SMILES string of the molecule is COc1ccc([C@@H](CNc2c(N3CCN(C(C)=O)CC3)c(=O)c2=O)N(C)C)cc1. The summed E-state index contributed by atoms with van der Waals surface area (Å²) >= 11 is 0. The van der Waals surface area contributed by atoms with Crippen molar-refractivity contribution in [2.45, 2.75) is 13.0 Å². The predicted molar refractivity (Wildman–Crippen MR) is 114 cm³/mol. The Morgan fingerprint density at radius 1 is 1.10 bits per heavy atom. The van der Waals surface area contributed by atoms with Crippen LogP contribution < -0.4 is 25.8 Å². The lowest BCUT2D eigenvalue weighted by molar-refractivity contribution is -0.129. The Kier molecular flexibility index (Phi) is 6.22. The Balaban J connectivity index is 1.71. The summed E-state index contributed by atoms with van der Waals surface area (Å²) in [7, 11) is 5.57. The van der Waals surface area contributed by atoms with Crippen molar-refractivity contribution >= 4 is 17.3 Å². The number of carbonyl (C=O) groups is 1. The Labute approximate surface area is 170 Å². The second kappa shape index (κ2) is 8.65. The number of likely N-dealkylation sites (N-methyl/N-ethyl adjacent to an activating group) is 1. The van der Waals surface area contributed by atoms with Crippen molar-refractivity contribution < 1.29 is 9.53 Å². The lowest BCUT2D eigenvalue weighted by atomic mass is 10.0. The number of hydrogen-bond acceptors (Lipinski definition) is 7. The number of benzene rings is 1. The molecule has 1 amide bonds. The van der Waals surface area contributed by atoms with E-state index in [4.69, 9.17) is 4.74 Å². The number of piperazine rings is 1. The molecule has 29 heavy (non-hydrogen) atoms. The first kappa shape index (κ1) is 20.9. The van der Waals surface area contributed by atoms with Crippen LogP contribution in [-0.4, -0.2) is 69.6 Å². The molecule has 1 N–H and O–H groups in total. The van der Waals surface area contributed by atoms with Gasteiger partial charge in [0.1, 0.15) is 17.1 Å². The molecule has 0 bridgehead atoms. The van der Waals surface area contributed by atoms with E-state index in [9.17, 15) is 14.4 Å². The number of methoxy groups -OCH3 is 1. The summed E-state index contributed by atoms with van der Waals surface area (Å²) in [5, 5.41) is 3.20. The monoisotopic (exact) mass is 400 g/mol. The van der Waals surface area contributed by atoms with Crippen LogP contribution in [0.25, 0.3) is 0 Å². The summed E-state index contributed by atoms with van der Waals surface area (Å²) in [6.07, 6.45) is 0. The van der Waals surface area contributed by atoms with E-state index in [1.165, 1.54) is 0 Å². The van der Waals surface area contributed by atoms with Gasteiger partial charge in [-0.2, -0.15) is 0 Å². The van der Waals surface area contributed by atoms with Gasteiger partial charge in [0.2, 0.25) is 5.91 Å². The Hall–Kier alpha value is -2.87. The number of carbonyl (C=O) groups excluding carboxylic acids is 1. The van der Waals surface area contributed by atoms with Gasteiger partial charge in [-0.1, -0.05) is 12.1 Å². The summed E-state index contributed by atoms with van der Waals surface area (Å²) in [5.74, 6) is 0.815. The smallest absolute Gasteiger partial charge is 0.253 e. The van der Waals surface area contributed by atoms with Gasteiger partial charge in [0, 0.05) is 39.6 Å². The van der Waals surface area contributed by atoms with Crippen LogP contribution in [0.15, 0.2) is 33.9 Å². The van der Waals surface area contributed by atoms with Gasteiger partial charge in [-0.05, 0) is 31.8 Å². The molecular weight excluding hydrogens is 372 g/mol. The first-order valence-electron chi connectivity index (χ1n) is 9.71. The molecule has 8 nitrogen and oxygen atoms in total. The average molecular weight is 400 g/mol. The molecule has 8 heteroatoms. The van der Waals surface area contributed by atoms with E-state index in [0.717, 1.165) is 11.3 Å². The standard InChI is InChI=1S/C21H28N4O4/c1-14(26)24-9-11-25(12-10-24)19-18(20(27)21(19)28)22-13-17(23(2)3)15-5-7-16(29-4)8-6-15/h5-8,17,22H,9-13H2,1-4H3/t17-/m1/s1. The van der Waals surface area contributed by atoms with Crippen LogP contribution in [0, 0.1) is 0 Å². The largest absolute Gasteiger partial charge is 0.497 e. The first-order valence-corrected chi connectivity index (χ1v) is 9.71. The van der Waals surface area contributed by atoms with Gasteiger partial charge in [0.15, 0.2) is 0 Å². The minimum absolute atomic E-state index is 0.0210. The highest BCUT2D eigenvalue weighted by molar-refractivity contribution is 5.77. The number of rotatable bonds is 7. The topological polar surface area (TPSA) is 82.2 Å². The molecule has 1 saturated heterocycles. The second-order valence-corrected chi connectivity index (χ2v) is 7.51. The normalized spacial score (nSPS) is 15.6. The summed E-state index contributed by atoms with van der Waals surface area (Å²) in [6.45, 7) is 4.24. The van der Waals surface area contributed by atoms with Crippen molar-refractivity contribution in [1.29, 1.82) is 0 Å². The van der Waals surface area contributed by atoms with Crippen molar-refractivity contribution in [3.05, 3.63) is 50.3 Å².